The molecule has 2 amide bonds. The van der Waals surface area contributed by atoms with Gasteiger partial charge in [-0.25, -0.2) is 0 Å². The highest BCUT2D eigenvalue weighted by molar-refractivity contribution is 7.00. The third kappa shape index (κ3) is 4.35. The van der Waals surface area contributed by atoms with Gasteiger partial charge in [-0.05, 0) is 25.0 Å². The SMILES string of the molecule is O=C(CN1CCN(CC(=O)NC2CC2)CC1)Nc1cccc2nsnc12. The first-order chi connectivity index (χ1) is 12.7. The van der Waals surface area contributed by atoms with Gasteiger partial charge in [-0.1, -0.05) is 6.07 Å². The molecule has 2 heterocycles. The van der Waals surface area contributed by atoms with E-state index in [1.54, 1.807) is 0 Å². The number of nitrogens with zero attached hydrogens (tertiary/aromatic N) is 4. The maximum atomic E-state index is 12.4. The van der Waals surface area contributed by atoms with E-state index in [2.05, 4.69) is 29.2 Å². The fourth-order valence-corrected chi connectivity index (χ4v) is 3.66. The number of benzene rings is 1. The molecule has 9 heteroatoms. The Morgan fingerprint density at radius 2 is 1.73 bits per heavy atom. The van der Waals surface area contributed by atoms with E-state index in [0.717, 1.165) is 61.8 Å². The number of hydrogen-bond donors (Lipinski definition) is 2. The predicted octanol–water partition coefficient (Wildman–Crippen LogP) is 0.526. The molecule has 2 aliphatic rings. The molecule has 1 saturated heterocycles. The molecule has 0 spiro atoms. The van der Waals surface area contributed by atoms with Crippen LogP contribution in [0.3, 0.4) is 0 Å². The van der Waals surface area contributed by atoms with E-state index in [0.29, 0.717) is 24.8 Å². The molecule has 1 aliphatic heterocycles. The lowest BCUT2D eigenvalue weighted by atomic mass is 10.2. The van der Waals surface area contributed by atoms with Gasteiger partial charge < -0.3 is 10.6 Å². The van der Waals surface area contributed by atoms with Crippen molar-refractivity contribution in [1.82, 2.24) is 23.9 Å². The molecule has 1 aromatic heterocycles. The van der Waals surface area contributed by atoms with Crippen molar-refractivity contribution in [2.24, 2.45) is 0 Å². The molecule has 0 atom stereocenters. The second-order valence-electron chi connectivity index (χ2n) is 6.88. The van der Waals surface area contributed by atoms with Crippen LogP contribution in [0.5, 0.6) is 0 Å². The van der Waals surface area contributed by atoms with Gasteiger partial charge in [-0.3, -0.25) is 19.4 Å². The smallest absolute Gasteiger partial charge is 0.238 e. The largest absolute Gasteiger partial charge is 0.352 e. The van der Waals surface area contributed by atoms with Gasteiger partial charge in [0.2, 0.25) is 11.8 Å². The number of anilines is 1. The van der Waals surface area contributed by atoms with Crippen molar-refractivity contribution in [3.8, 4) is 0 Å². The Morgan fingerprint density at radius 3 is 2.42 bits per heavy atom. The van der Waals surface area contributed by atoms with Gasteiger partial charge in [0.1, 0.15) is 11.0 Å². The number of amides is 2. The normalized spacial score (nSPS) is 18.8. The zero-order valence-corrected chi connectivity index (χ0v) is 15.3. The first-order valence-corrected chi connectivity index (χ1v) is 9.65. The van der Waals surface area contributed by atoms with E-state index in [1.165, 1.54) is 0 Å². The van der Waals surface area contributed by atoms with Crippen molar-refractivity contribution in [1.29, 1.82) is 0 Å². The van der Waals surface area contributed by atoms with E-state index >= 15 is 0 Å². The summed E-state index contributed by atoms with van der Waals surface area (Å²) in [6.07, 6.45) is 2.22. The second kappa shape index (κ2) is 7.65. The van der Waals surface area contributed by atoms with Crippen LogP contribution in [0.2, 0.25) is 0 Å². The average molecular weight is 374 g/mol. The molecule has 2 aromatic rings. The summed E-state index contributed by atoms with van der Waals surface area (Å²) in [6, 6.07) is 6.00. The number of carbonyl (C=O) groups excluding carboxylic acids is 2. The maximum absolute atomic E-state index is 12.4. The lowest BCUT2D eigenvalue weighted by Gasteiger charge is -2.33. The summed E-state index contributed by atoms with van der Waals surface area (Å²) in [4.78, 5) is 28.5. The third-order valence-electron chi connectivity index (χ3n) is 4.70. The van der Waals surface area contributed by atoms with Crippen LogP contribution in [-0.4, -0.2) is 75.7 Å². The van der Waals surface area contributed by atoms with Crippen LogP contribution in [0, 0.1) is 0 Å². The van der Waals surface area contributed by atoms with Crippen LogP contribution in [0.15, 0.2) is 18.2 Å². The molecular formula is C17H22N6O2S. The lowest BCUT2D eigenvalue weighted by molar-refractivity contribution is -0.123. The van der Waals surface area contributed by atoms with Gasteiger partial charge in [-0.15, -0.1) is 0 Å². The van der Waals surface area contributed by atoms with Crippen LogP contribution in [0.4, 0.5) is 5.69 Å². The number of carbonyl (C=O) groups is 2. The predicted molar refractivity (Wildman–Crippen MR) is 100 cm³/mol. The van der Waals surface area contributed by atoms with Gasteiger partial charge in [0.25, 0.3) is 0 Å². The first kappa shape index (κ1) is 17.3. The number of piperazine rings is 1. The highest BCUT2D eigenvalue weighted by atomic mass is 32.1. The number of aromatic nitrogens is 2. The van der Waals surface area contributed by atoms with Crippen molar-refractivity contribution in [2.75, 3.05) is 44.6 Å². The van der Waals surface area contributed by atoms with Gasteiger partial charge in [0.05, 0.1) is 30.5 Å². The summed E-state index contributed by atoms with van der Waals surface area (Å²) in [5.41, 5.74) is 2.24. The highest BCUT2D eigenvalue weighted by Gasteiger charge is 2.25. The Morgan fingerprint density at radius 1 is 1.04 bits per heavy atom. The maximum Gasteiger partial charge on any atom is 0.238 e. The van der Waals surface area contributed by atoms with Crippen molar-refractivity contribution in [2.45, 2.75) is 18.9 Å². The van der Waals surface area contributed by atoms with Gasteiger partial charge in [0.15, 0.2) is 0 Å². The molecule has 0 unspecified atom stereocenters. The zero-order chi connectivity index (χ0) is 17.9. The van der Waals surface area contributed by atoms with Gasteiger partial charge >= 0.3 is 0 Å². The lowest BCUT2D eigenvalue weighted by Crippen LogP contribution is -2.51. The minimum atomic E-state index is -0.0505. The van der Waals surface area contributed by atoms with Crippen LogP contribution in [-0.2, 0) is 9.59 Å². The fraction of sp³-hybridized carbons (Fsp3) is 0.529. The Labute approximate surface area is 155 Å². The molecule has 138 valence electrons. The van der Waals surface area contributed by atoms with Crippen LogP contribution < -0.4 is 10.6 Å². The van der Waals surface area contributed by atoms with E-state index in [9.17, 15) is 9.59 Å². The molecule has 4 rings (SSSR count). The number of hydrogen-bond acceptors (Lipinski definition) is 7. The monoisotopic (exact) mass is 374 g/mol. The number of rotatable bonds is 6. The summed E-state index contributed by atoms with van der Waals surface area (Å²) in [6.45, 7) is 3.97. The summed E-state index contributed by atoms with van der Waals surface area (Å²) >= 11 is 1.14. The Bertz CT molecular complexity index is 797. The summed E-state index contributed by atoms with van der Waals surface area (Å²) < 4.78 is 8.43. The Hall–Kier alpha value is -2.10. The first-order valence-electron chi connectivity index (χ1n) is 8.92. The Kier molecular flexibility index (Phi) is 5.09. The summed E-state index contributed by atoms with van der Waals surface area (Å²) in [5.74, 6) is 0.0640. The minimum absolute atomic E-state index is 0.0505. The second-order valence-corrected chi connectivity index (χ2v) is 7.41. The van der Waals surface area contributed by atoms with Crippen molar-refractivity contribution >= 4 is 40.3 Å². The average Bonchev–Trinajstić information content (AvgIpc) is 3.29. The van der Waals surface area contributed by atoms with Crippen molar-refractivity contribution in [3.05, 3.63) is 18.2 Å². The highest BCUT2D eigenvalue weighted by Crippen LogP contribution is 2.21. The zero-order valence-electron chi connectivity index (χ0n) is 14.5. The van der Waals surface area contributed by atoms with Crippen LogP contribution in [0.1, 0.15) is 12.8 Å². The molecule has 1 saturated carbocycles. The molecule has 2 fully saturated rings. The molecular weight excluding hydrogens is 352 g/mol. The minimum Gasteiger partial charge on any atom is -0.352 e. The topological polar surface area (TPSA) is 90.5 Å². The van der Waals surface area contributed by atoms with Gasteiger partial charge in [-0.2, -0.15) is 8.75 Å². The molecule has 1 aromatic carbocycles. The van der Waals surface area contributed by atoms with Crippen molar-refractivity contribution < 1.29 is 9.59 Å². The standard InChI is InChI=1S/C17H22N6O2S/c24-15(18-12-4-5-12)10-22-6-8-23(9-7-22)11-16(25)19-13-2-1-3-14-17(13)21-26-20-14/h1-3,12H,4-11H2,(H,18,24)(H,19,25). The van der Waals surface area contributed by atoms with Crippen LogP contribution in [0.25, 0.3) is 11.0 Å². The molecule has 2 N–H and O–H groups in total. The van der Waals surface area contributed by atoms with Crippen molar-refractivity contribution in [3.63, 3.8) is 0 Å². The van der Waals surface area contributed by atoms with E-state index < -0.39 is 0 Å². The Balaban J connectivity index is 1.23. The quantitative estimate of drug-likeness (QED) is 0.766. The number of nitrogens with one attached hydrogen (secondary N) is 2. The van der Waals surface area contributed by atoms with E-state index in [-0.39, 0.29) is 11.8 Å². The third-order valence-corrected chi connectivity index (χ3v) is 5.24. The number of fused-ring (bicyclic) bond motifs is 1. The summed E-state index contributed by atoms with van der Waals surface area (Å²) in [7, 11) is 0. The summed E-state index contributed by atoms with van der Waals surface area (Å²) in [5, 5.41) is 5.95. The van der Waals surface area contributed by atoms with Crippen LogP contribution >= 0.6 is 11.7 Å². The molecule has 26 heavy (non-hydrogen) atoms. The molecule has 1 aliphatic carbocycles. The molecule has 0 radical (unpaired) electrons. The van der Waals surface area contributed by atoms with E-state index in [4.69, 9.17) is 0 Å². The fourth-order valence-electron chi connectivity index (χ4n) is 3.11. The van der Waals surface area contributed by atoms with Gasteiger partial charge in [0, 0.05) is 32.2 Å². The van der Waals surface area contributed by atoms with E-state index in [1.807, 2.05) is 18.2 Å². The molecule has 0 bridgehead atoms. The molecule has 8 nitrogen and oxygen atoms in total.